The SMILES string of the molecule is NC1C=CC(c2nnc3n2CCCC3)C1. The van der Waals surface area contributed by atoms with Gasteiger partial charge in [0.2, 0.25) is 0 Å². The summed E-state index contributed by atoms with van der Waals surface area (Å²) in [4.78, 5) is 0. The van der Waals surface area contributed by atoms with E-state index in [0.29, 0.717) is 5.92 Å². The molecule has 1 aromatic rings. The Kier molecular flexibility index (Phi) is 2.09. The molecule has 2 N–H and O–H groups in total. The third-order valence-corrected chi connectivity index (χ3v) is 3.34. The fourth-order valence-electron chi connectivity index (χ4n) is 2.52. The fraction of sp³-hybridized carbons (Fsp3) is 0.636. The number of nitrogens with zero attached hydrogens (tertiary/aromatic N) is 3. The van der Waals surface area contributed by atoms with Crippen LogP contribution < -0.4 is 5.73 Å². The fourth-order valence-corrected chi connectivity index (χ4v) is 2.52. The molecule has 80 valence electrons. The number of fused-ring (bicyclic) bond motifs is 1. The van der Waals surface area contributed by atoms with Gasteiger partial charge in [-0.3, -0.25) is 0 Å². The zero-order chi connectivity index (χ0) is 10.3. The molecule has 1 aromatic heterocycles. The van der Waals surface area contributed by atoms with E-state index in [2.05, 4.69) is 26.9 Å². The Morgan fingerprint density at radius 3 is 3.00 bits per heavy atom. The molecule has 0 bridgehead atoms. The van der Waals surface area contributed by atoms with Gasteiger partial charge in [0.25, 0.3) is 0 Å². The van der Waals surface area contributed by atoms with E-state index in [9.17, 15) is 0 Å². The monoisotopic (exact) mass is 204 g/mol. The van der Waals surface area contributed by atoms with Crippen molar-refractivity contribution >= 4 is 0 Å². The molecule has 2 unspecified atom stereocenters. The molecule has 3 rings (SSSR count). The maximum absolute atomic E-state index is 5.86. The van der Waals surface area contributed by atoms with Crippen molar-refractivity contribution in [2.24, 2.45) is 5.73 Å². The highest BCUT2D eigenvalue weighted by Gasteiger charge is 2.25. The minimum absolute atomic E-state index is 0.201. The van der Waals surface area contributed by atoms with Crippen LogP contribution >= 0.6 is 0 Å². The summed E-state index contributed by atoms with van der Waals surface area (Å²) in [6, 6.07) is 0.201. The molecule has 1 aliphatic heterocycles. The summed E-state index contributed by atoms with van der Waals surface area (Å²) in [5.41, 5.74) is 5.86. The Hall–Kier alpha value is -1.16. The zero-order valence-electron chi connectivity index (χ0n) is 8.76. The van der Waals surface area contributed by atoms with E-state index >= 15 is 0 Å². The molecule has 4 heteroatoms. The predicted molar refractivity (Wildman–Crippen MR) is 57.4 cm³/mol. The van der Waals surface area contributed by atoms with Crippen LogP contribution in [-0.2, 0) is 13.0 Å². The number of hydrogen-bond donors (Lipinski definition) is 1. The van der Waals surface area contributed by atoms with Crippen LogP contribution in [0.3, 0.4) is 0 Å². The Bertz CT molecular complexity index is 393. The smallest absolute Gasteiger partial charge is 0.140 e. The van der Waals surface area contributed by atoms with Crippen molar-refractivity contribution in [2.45, 2.75) is 44.2 Å². The molecular weight excluding hydrogens is 188 g/mol. The van der Waals surface area contributed by atoms with E-state index < -0.39 is 0 Å². The second-order valence-electron chi connectivity index (χ2n) is 4.47. The Morgan fingerprint density at radius 1 is 1.27 bits per heavy atom. The third-order valence-electron chi connectivity index (χ3n) is 3.34. The molecule has 2 aliphatic rings. The number of rotatable bonds is 1. The van der Waals surface area contributed by atoms with E-state index in [1.54, 1.807) is 0 Å². The number of aromatic nitrogens is 3. The largest absolute Gasteiger partial charge is 0.324 e. The summed E-state index contributed by atoms with van der Waals surface area (Å²) in [6.07, 6.45) is 8.82. The first-order valence-electron chi connectivity index (χ1n) is 5.70. The van der Waals surface area contributed by atoms with Gasteiger partial charge in [-0.25, -0.2) is 0 Å². The number of allylic oxidation sites excluding steroid dienone is 1. The van der Waals surface area contributed by atoms with Crippen molar-refractivity contribution < 1.29 is 0 Å². The van der Waals surface area contributed by atoms with Crippen LogP contribution in [0.4, 0.5) is 0 Å². The highest BCUT2D eigenvalue weighted by molar-refractivity contribution is 5.18. The zero-order valence-corrected chi connectivity index (χ0v) is 8.76. The highest BCUT2D eigenvalue weighted by Crippen LogP contribution is 2.28. The first-order valence-corrected chi connectivity index (χ1v) is 5.70. The topological polar surface area (TPSA) is 56.7 Å². The van der Waals surface area contributed by atoms with Crippen molar-refractivity contribution in [3.63, 3.8) is 0 Å². The van der Waals surface area contributed by atoms with Crippen molar-refractivity contribution in [3.8, 4) is 0 Å². The molecule has 0 fully saturated rings. The lowest BCUT2D eigenvalue weighted by molar-refractivity contribution is 0.497. The third kappa shape index (κ3) is 1.49. The summed E-state index contributed by atoms with van der Waals surface area (Å²) < 4.78 is 2.29. The molecule has 0 radical (unpaired) electrons. The quantitative estimate of drug-likeness (QED) is 0.694. The van der Waals surface area contributed by atoms with Crippen LogP contribution in [0.15, 0.2) is 12.2 Å². The predicted octanol–water partition coefficient (Wildman–Crippen LogP) is 0.985. The Morgan fingerprint density at radius 2 is 2.20 bits per heavy atom. The lowest BCUT2D eigenvalue weighted by Crippen LogP contribution is -2.18. The van der Waals surface area contributed by atoms with Crippen LogP contribution in [0.2, 0.25) is 0 Å². The molecule has 0 saturated heterocycles. The molecule has 1 aliphatic carbocycles. The van der Waals surface area contributed by atoms with Gasteiger partial charge in [0.1, 0.15) is 11.6 Å². The van der Waals surface area contributed by atoms with Gasteiger partial charge >= 0.3 is 0 Å². The van der Waals surface area contributed by atoms with Gasteiger partial charge in [-0.15, -0.1) is 10.2 Å². The minimum Gasteiger partial charge on any atom is -0.324 e. The second-order valence-corrected chi connectivity index (χ2v) is 4.47. The van der Waals surface area contributed by atoms with Gasteiger partial charge in [-0.1, -0.05) is 12.2 Å². The molecule has 2 heterocycles. The first kappa shape index (κ1) is 9.09. The van der Waals surface area contributed by atoms with E-state index in [1.165, 1.54) is 12.8 Å². The molecule has 0 aromatic carbocycles. The standard InChI is InChI=1S/C11H16N4/c12-9-5-4-8(7-9)11-14-13-10-3-1-2-6-15(10)11/h4-5,8-9H,1-3,6-7,12H2. The van der Waals surface area contributed by atoms with Gasteiger partial charge in [-0.05, 0) is 19.3 Å². The summed E-state index contributed by atoms with van der Waals surface area (Å²) in [5.74, 6) is 2.67. The molecule has 0 spiro atoms. The Labute approximate surface area is 89.2 Å². The van der Waals surface area contributed by atoms with Gasteiger partial charge in [-0.2, -0.15) is 0 Å². The molecule has 0 saturated carbocycles. The summed E-state index contributed by atoms with van der Waals surface area (Å²) in [6.45, 7) is 1.08. The maximum atomic E-state index is 5.86. The summed E-state index contributed by atoms with van der Waals surface area (Å²) in [7, 11) is 0. The normalized spacial score (nSPS) is 29.4. The maximum Gasteiger partial charge on any atom is 0.140 e. The number of nitrogens with two attached hydrogens (primary N) is 1. The van der Waals surface area contributed by atoms with Gasteiger partial charge in [0.15, 0.2) is 0 Å². The number of aryl methyl sites for hydroxylation is 1. The van der Waals surface area contributed by atoms with Crippen LogP contribution in [-0.4, -0.2) is 20.8 Å². The first-order chi connectivity index (χ1) is 7.34. The second kappa shape index (κ2) is 3.45. The van der Waals surface area contributed by atoms with Gasteiger partial charge < -0.3 is 10.3 Å². The van der Waals surface area contributed by atoms with Gasteiger partial charge in [0.05, 0.1) is 0 Å². The van der Waals surface area contributed by atoms with Crippen LogP contribution in [0.5, 0.6) is 0 Å². The average molecular weight is 204 g/mol. The molecule has 15 heavy (non-hydrogen) atoms. The van der Waals surface area contributed by atoms with Crippen molar-refractivity contribution in [1.82, 2.24) is 14.8 Å². The van der Waals surface area contributed by atoms with Crippen molar-refractivity contribution in [3.05, 3.63) is 23.8 Å². The van der Waals surface area contributed by atoms with Crippen molar-refractivity contribution in [1.29, 1.82) is 0 Å². The highest BCUT2D eigenvalue weighted by atomic mass is 15.3. The molecular formula is C11H16N4. The summed E-state index contributed by atoms with van der Waals surface area (Å²) >= 11 is 0. The van der Waals surface area contributed by atoms with Crippen LogP contribution in [0.1, 0.15) is 36.8 Å². The van der Waals surface area contributed by atoms with E-state index in [-0.39, 0.29) is 6.04 Å². The molecule has 0 amide bonds. The summed E-state index contributed by atoms with van der Waals surface area (Å²) in [5, 5.41) is 8.59. The van der Waals surface area contributed by atoms with E-state index in [1.807, 2.05) is 0 Å². The Balaban J connectivity index is 1.92. The average Bonchev–Trinajstić information content (AvgIpc) is 2.83. The van der Waals surface area contributed by atoms with Gasteiger partial charge in [0, 0.05) is 24.9 Å². The molecule has 2 atom stereocenters. The van der Waals surface area contributed by atoms with E-state index in [4.69, 9.17) is 5.73 Å². The van der Waals surface area contributed by atoms with E-state index in [0.717, 1.165) is 31.0 Å². The molecule has 4 nitrogen and oxygen atoms in total. The minimum atomic E-state index is 0.201. The lowest BCUT2D eigenvalue weighted by atomic mass is 10.1. The number of hydrogen-bond acceptors (Lipinski definition) is 3. The van der Waals surface area contributed by atoms with Crippen molar-refractivity contribution in [2.75, 3.05) is 0 Å². The van der Waals surface area contributed by atoms with Crippen LogP contribution in [0, 0.1) is 0 Å². The lowest BCUT2D eigenvalue weighted by Gasteiger charge is -2.17. The van der Waals surface area contributed by atoms with Crippen LogP contribution in [0.25, 0.3) is 0 Å².